The summed E-state index contributed by atoms with van der Waals surface area (Å²) in [6, 6.07) is 3.50. The zero-order valence-corrected chi connectivity index (χ0v) is 12.8. The van der Waals surface area contributed by atoms with Crippen LogP contribution in [0.1, 0.15) is 38.0 Å². The van der Waals surface area contributed by atoms with Crippen LogP contribution in [0.15, 0.2) is 16.6 Å². The Bertz CT molecular complexity index is 510. The molecule has 1 unspecified atom stereocenters. The Morgan fingerprint density at radius 1 is 1.58 bits per heavy atom. The van der Waals surface area contributed by atoms with E-state index in [2.05, 4.69) is 15.9 Å². The average molecular weight is 329 g/mol. The SMILES string of the molecule is CCOC(=O)C(O)c1cc(Br)c2c(c1)CC(C)(C)O2. The molecule has 0 amide bonds. The van der Waals surface area contributed by atoms with Gasteiger partial charge >= 0.3 is 5.97 Å². The van der Waals surface area contributed by atoms with Gasteiger partial charge in [-0.25, -0.2) is 4.79 Å². The van der Waals surface area contributed by atoms with Crippen molar-refractivity contribution >= 4 is 21.9 Å². The predicted octanol–water partition coefficient (Wildman–Crippen LogP) is 2.76. The van der Waals surface area contributed by atoms with Crippen molar-refractivity contribution in [2.45, 2.75) is 38.9 Å². The third kappa shape index (κ3) is 2.92. The molecule has 0 saturated heterocycles. The van der Waals surface area contributed by atoms with E-state index in [4.69, 9.17) is 9.47 Å². The summed E-state index contributed by atoms with van der Waals surface area (Å²) in [6.07, 6.45) is -0.519. The lowest BCUT2D eigenvalue weighted by molar-refractivity contribution is -0.153. The second kappa shape index (κ2) is 5.13. The fourth-order valence-corrected chi connectivity index (χ4v) is 2.81. The van der Waals surface area contributed by atoms with Crippen LogP contribution in [0, 0.1) is 0 Å². The minimum atomic E-state index is -1.26. The van der Waals surface area contributed by atoms with E-state index in [1.807, 2.05) is 13.8 Å². The van der Waals surface area contributed by atoms with E-state index in [1.54, 1.807) is 19.1 Å². The molecular formula is C14H17BrO4. The highest BCUT2D eigenvalue weighted by Gasteiger charge is 2.33. The zero-order chi connectivity index (χ0) is 14.2. The highest BCUT2D eigenvalue weighted by atomic mass is 79.9. The molecule has 19 heavy (non-hydrogen) atoms. The third-order valence-corrected chi connectivity index (χ3v) is 3.55. The first-order chi connectivity index (χ1) is 8.84. The zero-order valence-electron chi connectivity index (χ0n) is 11.2. The molecule has 4 nitrogen and oxygen atoms in total. The van der Waals surface area contributed by atoms with Crippen LogP contribution in [0.5, 0.6) is 5.75 Å². The largest absolute Gasteiger partial charge is 0.486 e. The van der Waals surface area contributed by atoms with Crippen molar-refractivity contribution in [2.24, 2.45) is 0 Å². The number of carbonyl (C=O) groups is 1. The van der Waals surface area contributed by atoms with E-state index in [0.717, 1.165) is 22.2 Å². The van der Waals surface area contributed by atoms with Gasteiger partial charge in [-0.05, 0) is 60.0 Å². The maximum absolute atomic E-state index is 11.6. The number of ether oxygens (including phenoxy) is 2. The molecular weight excluding hydrogens is 312 g/mol. The van der Waals surface area contributed by atoms with Crippen molar-refractivity contribution in [3.8, 4) is 5.75 Å². The third-order valence-electron chi connectivity index (χ3n) is 2.96. The van der Waals surface area contributed by atoms with Gasteiger partial charge in [0.15, 0.2) is 6.10 Å². The normalized spacial score (nSPS) is 17.5. The summed E-state index contributed by atoms with van der Waals surface area (Å²) >= 11 is 3.42. The van der Waals surface area contributed by atoms with Gasteiger partial charge in [0.25, 0.3) is 0 Å². The molecule has 0 saturated carbocycles. The van der Waals surface area contributed by atoms with Crippen LogP contribution in [0.4, 0.5) is 0 Å². The highest BCUT2D eigenvalue weighted by molar-refractivity contribution is 9.10. The number of hydrogen-bond donors (Lipinski definition) is 1. The number of rotatable bonds is 3. The van der Waals surface area contributed by atoms with Crippen LogP contribution in [-0.4, -0.2) is 23.3 Å². The van der Waals surface area contributed by atoms with Crippen LogP contribution in [0.3, 0.4) is 0 Å². The Labute approximate surface area is 120 Å². The van der Waals surface area contributed by atoms with Crippen LogP contribution in [0.25, 0.3) is 0 Å². The van der Waals surface area contributed by atoms with Crippen molar-refractivity contribution in [2.75, 3.05) is 6.61 Å². The first kappa shape index (κ1) is 14.3. The Morgan fingerprint density at radius 2 is 2.26 bits per heavy atom. The maximum Gasteiger partial charge on any atom is 0.339 e. The highest BCUT2D eigenvalue weighted by Crippen LogP contribution is 2.42. The second-order valence-corrected chi connectivity index (χ2v) is 6.04. The van der Waals surface area contributed by atoms with Gasteiger partial charge in [-0.1, -0.05) is 0 Å². The van der Waals surface area contributed by atoms with Crippen molar-refractivity contribution < 1.29 is 19.4 Å². The smallest absolute Gasteiger partial charge is 0.339 e. The van der Waals surface area contributed by atoms with Crippen LogP contribution < -0.4 is 4.74 Å². The number of aliphatic hydroxyl groups excluding tert-OH is 1. The quantitative estimate of drug-likeness (QED) is 0.867. The van der Waals surface area contributed by atoms with Gasteiger partial charge in [0, 0.05) is 6.42 Å². The number of esters is 1. The van der Waals surface area contributed by atoms with Crippen LogP contribution in [-0.2, 0) is 16.0 Å². The minimum absolute atomic E-state index is 0.248. The molecule has 1 aromatic carbocycles. The van der Waals surface area contributed by atoms with Crippen LogP contribution in [0.2, 0.25) is 0 Å². The summed E-state index contributed by atoms with van der Waals surface area (Å²) in [4.78, 5) is 11.6. The van der Waals surface area contributed by atoms with E-state index < -0.39 is 12.1 Å². The maximum atomic E-state index is 11.6. The Morgan fingerprint density at radius 3 is 2.89 bits per heavy atom. The summed E-state index contributed by atoms with van der Waals surface area (Å²) in [6.45, 7) is 5.96. The summed E-state index contributed by atoms with van der Waals surface area (Å²) < 4.78 is 11.4. The number of aliphatic hydroxyl groups is 1. The van der Waals surface area contributed by atoms with Crippen molar-refractivity contribution in [3.63, 3.8) is 0 Å². The Balaban J connectivity index is 2.31. The molecule has 1 aromatic rings. The average Bonchev–Trinajstić information content (AvgIpc) is 2.63. The molecule has 1 heterocycles. The van der Waals surface area contributed by atoms with Gasteiger partial charge in [-0.15, -0.1) is 0 Å². The van der Waals surface area contributed by atoms with E-state index in [-0.39, 0.29) is 12.2 Å². The van der Waals surface area contributed by atoms with E-state index in [0.29, 0.717) is 5.56 Å². The molecule has 0 fully saturated rings. The van der Waals surface area contributed by atoms with Gasteiger partial charge in [-0.3, -0.25) is 0 Å². The van der Waals surface area contributed by atoms with E-state index >= 15 is 0 Å². The molecule has 104 valence electrons. The topological polar surface area (TPSA) is 55.8 Å². The molecule has 0 radical (unpaired) electrons. The van der Waals surface area contributed by atoms with Gasteiger partial charge in [0.05, 0.1) is 11.1 Å². The van der Waals surface area contributed by atoms with Gasteiger partial charge in [0.1, 0.15) is 11.4 Å². The second-order valence-electron chi connectivity index (χ2n) is 5.18. The Kier molecular flexibility index (Phi) is 3.87. The summed E-state index contributed by atoms with van der Waals surface area (Å²) in [5.74, 6) is 0.150. The molecule has 1 N–H and O–H groups in total. The first-order valence-corrected chi connectivity index (χ1v) is 6.99. The van der Waals surface area contributed by atoms with Gasteiger partial charge in [0.2, 0.25) is 0 Å². The molecule has 0 spiro atoms. The molecule has 0 aliphatic carbocycles. The monoisotopic (exact) mass is 328 g/mol. The summed E-state index contributed by atoms with van der Waals surface area (Å²) in [5.41, 5.74) is 1.24. The summed E-state index contributed by atoms with van der Waals surface area (Å²) in [7, 11) is 0. The lowest BCUT2D eigenvalue weighted by Crippen LogP contribution is -2.24. The first-order valence-electron chi connectivity index (χ1n) is 6.20. The van der Waals surface area contributed by atoms with Gasteiger partial charge < -0.3 is 14.6 Å². The van der Waals surface area contributed by atoms with Crippen molar-refractivity contribution in [1.29, 1.82) is 0 Å². The van der Waals surface area contributed by atoms with E-state index in [1.165, 1.54) is 0 Å². The molecule has 2 rings (SSSR count). The van der Waals surface area contributed by atoms with Crippen molar-refractivity contribution in [3.05, 3.63) is 27.7 Å². The summed E-state index contributed by atoms with van der Waals surface area (Å²) in [5, 5.41) is 9.97. The predicted molar refractivity (Wildman–Crippen MR) is 74.1 cm³/mol. The fourth-order valence-electron chi connectivity index (χ4n) is 2.21. The molecule has 1 aliphatic rings. The van der Waals surface area contributed by atoms with Crippen LogP contribution >= 0.6 is 15.9 Å². The minimum Gasteiger partial charge on any atom is -0.486 e. The van der Waals surface area contributed by atoms with Gasteiger partial charge in [-0.2, -0.15) is 0 Å². The fraction of sp³-hybridized carbons (Fsp3) is 0.500. The number of benzene rings is 1. The molecule has 5 heteroatoms. The van der Waals surface area contributed by atoms with E-state index in [9.17, 15) is 9.90 Å². The molecule has 0 bridgehead atoms. The Hall–Kier alpha value is -1.07. The number of carbonyl (C=O) groups excluding carboxylic acids is 1. The molecule has 1 aliphatic heterocycles. The number of hydrogen-bond acceptors (Lipinski definition) is 4. The molecule has 0 aromatic heterocycles. The standard InChI is InChI=1S/C14H17BrO4/c1-4-18-13(17)11(16)8-5-9-7-14(2,3)19-12(9)10(15)6-8/h5-6,11,16H,4,7H2,1-3H3. The van der Waals surface area contributed by atoms with Crippen molar-refractivity contribution in [1.82, 2.24) is 0 Å². The number of fused-ring (bicyclic) bond motifs is 1. The molecule has 1 atom stereocenters. The lowest BCUT2D eigenvalue weighted by Gasteiger charge is -2.17. The number of halogens is 1. The lowest BCUT2D eigenvalue weighted by atomic mass is 9.98.